The summed E-state index contributed by atoms with van der Waals surface area (Å²) in [6, 6.07) is 3.95. The second-order valence-electron chi connectivity index (χ2n) is 3.81. The Morgan fingerprint density at radius 2 is 1.95 bits per heavy atom. The van der Waals surface area contributed by atoms with Crippen molar-refractivity contribution in [2.24, 2.45) is 0 Å². The van der Waals surface area contributed by atoms with E-state index < -0.39 is 21.6 Å². The number of anilines is 1. The number of phenolic OH excluding ortho intramolecular Hbond substituents is 1. The average Bonchev–Trinajstić information content (AvgIpc) is 2.90. The number of hydrogen-bond donors (Lipinski definition) is 3. The van der Waals surface area contributed by atoms with Crippen molar-refractivity contribution in [1.29, 1.82) is 0 Å². The van der Waals surface area contributed by atoms with Crippen LogP contribution in [0, 0.1) is 20.2 Å². The third kappa shape index (κ3) is 2.91. The number of aromatic hydroxyl groups is 1. The van der Waals surface area contributed by atoms with E-state index in [0.29, 0.717) is 0 Å². The Morgan fingerprint density at radius 1 is 1.24 bits per heavy atom. The molecule has 0 radical (unpaired) electrons. The minimum absolute atomic E-state index is 0.208. The summed E-state index contributed by atoms with van der Waals surface area (Å²) in [7, 11) is 0. The first-order valence-electron chi connectivity index (χ1n) is 5.37. The number of aromatic nitrogens is 2. The van der Waals surface area contributed by atoms with Crippen LogP contribution in [0.2, 0.25) is 0 Å². The highest BCUT2D eigenvalue weighted by Gasteiger charge is 2.19. The van der Waals surface area contributed by atoms with Crippen LogP contribution in [0.15, 0.2) is 24.3 Å². The van der Waals surface area contributed by atoms with Gasteiger partial charge >= 0.3 is 5.82 Å². The highest BCUT2D eigenvalue weighted by molar-refractivity contribution is 6.04. The van der Waals surface area contributed by atoms with E-state index in [9.17, 15) is 30.1 Å². The van der Waals surface area contributed by atoms with Crippen molar-refractivity contribution < 1.29 is 19.7 Å². The normalized spacial score (nSPS) is 10.1. The lowest BCUT2D eigenvalue weighted by atomic mass is 10.2. The summed E-state index contributed by atoms with van der Waals surface area (Å²) in [6.45, 7) is 0. The number of phenols is 1. The van der Waals surface area contributed by atoms with Gasteiger partial charge in [0.15, 0.2) is 5.69 Å². The van der Waals surface area contributed by atoms with Crippen LogP contribution in [-0.4, -0.2) is 31.1 Å². The summed E-state index contributed by atoms with van der Waals surface area (Å²) >= 11 is 0. The Balaban J connectivity index is 2.24. The Hall–Kier alpha value is -3.50. The van der Waals surface area contributed by atoms with Crippen LogP contribution in [0.1, 0.15) is 10.5 Å². The number of nitrogens with zero attached hydrogens (tertiary/aromatic N) is 3. The van der Waals surface area contributed by atoms with Crippen LogP contribution < -0.4 is 5.32 Å². The van der Waals surface area contributed by atoms with Gasteiger partial charge in [-0.3, -0.25) is 14.9 Å². The fourth-order valence-corrected chi connectivity index (χ4v) is 1.45. The number of nitrogens with one attached hydrogen (secondary N) is 2. The molecule has 108 valence electrons. The Kier molecular flexibility index (Phi) is 3.47. The Morgan fingerprint density at radius 3 is 2.52 bits per heavy atom. The second kappa shape index (κ2) is 5.24. The van der Waals surface area contributed by atoms with Gasteiger partial charge in [0.2, 0.25) is 0 Å². The highest BCUT2D eigenvalue weighted by Crippen LogP contribution is 2.28. The maximum absolute atomic E-state index is 11.8. The predicted molar refractivity (Wildman–Crippen MR) is 68.0 cm³/mol. The third-order valence-electron chi connectivity index (χ3n) is 2.43. The molecule has 0 bridgehead atoms. The van der Waals surface area contributed by atoms with Crippen LogP contribution in [0.3, 0.4) is 0 Å². The highest BCUT2D eigenvalue weighted by atomic mass is 16.6. The quantitative estimate of drug-likeness (QED) is 0.432. The van der Waals surface area contributed by atoms with Crippen LogP contribution in [0.25, 0.3) is 0 Å². The van der Waals surface area contributed by atoms with E-state index in [0.717, 1.165) is 24.3 Å². The maximum Gasteiger partial charge on any atom is 0.343 e. The molecule has 1 heterocycles. The number of nitro groups is 2. The smallest absolute Gasteiger partial charge is 0.343 e. The zero-order valence-electron chi connectivity index (χ0n) is 10.1. The van der Waals surface area contributed by atoms with Gasteiger partial charge in [-0.15, -0.1) is 5.10 Å². The minimum Gasteiger partial charge on any atom is -0.506 e. The Labute approximate surface area is 115 Å². The number of nitro benzene ring substituents is 1. The molecular formula is C10H7N5O6. The standard InChI is InChI=1S/C10H7N5O6/c16-8-2-1-5(14(18)19)3-6(8)11-10(17)7-4-9(13-12-7)15(20)21/h1-4,16H,(H,11,17)(H,12,13). The van der Waals surface area contributed by atoms with Gasteiger partial charge in [0.05, 0.1) is 16.7 Å². The van der Waals surface area contributed by atoms with E-state index in [1.54, 1.807) is 0 Å². The number of amides is 1. The van der Waals surface area contributed by atoms with Gasteiger partial charge in [-0.1, -0.05) is 5.10 Å². The van der Waals surface area contributed by atoms with Gasteiger partial charge < -0.3 is 20.5 Å². The number of H-pyrrole nitrogens is 1. The second-order valence-corrected chi connectivity index (χ2v) is 3.81. The third-order valence-corrected chi connectivity index (χ3v) is 2.43. The largest absolute Gasteiger partial charge is 0.506 e. The van der Waals surface area contributed by atoms with E-state index in [1.165, 1.54) is 0 Å². The number of hydrogen-bond acceptors (Lipinski definition) is 7. The summed E-state index contributed by atoms with van der Waals surface area (Å²) in [5.41, 5.74) is -0.844. The minimum atomic E-state index is -0.866. The van der Waals surface area contributed by atoms with Crippen LogP contribution >= 0.6 is 0 Å². The molecule has 0 saturated carbocycles. The molecule has 0 aliphatic rings. The van der Waals surface area contributed by atoms with Gasteiger partial charge in [-0.05, 0) is 11.0 Å². The molecule has 0 unspecified atom stereocenters. The molecule has 0 saturated heterocycles. The van der Waals surface area contributed by atoms with Crippen molar-refractivity contribution in [1.82, 2.24) is 10.2 Å². The fraction of sp³-hybridized carbons (Fsp3) is 0. The van der Waals surface area contributed by atoms with Crippen molar-refractivity contribution in [2.75, 3.05) is 5.32 Å². The molecule has 0 aliphatic carbocycles. The average molecular weight is 293 g/mol. The number of rotatable bonds is 4. The molecular weight excluding hydrogens is 286 g/mol. The number of carbonyl (C=O) groups is 1. The molecule has 0 aliphatic heterocycles. The molecule has 11 nitrogen and oxygen atoms in total. The summed E-state index contributed by atoms with van der Waals surface area (Å²) in [4.78, 5) is 31.4. The number of benzene rings is 1. The van der Waals surface area contributed by atoms with E-state index in [2.05, 4.69) is 10.4 Å². The first-order chi connectivity index (χ1) is 9.88. The van der Waals surface area contributed by atoms with Crippen molar-refractivity contribution in [3.05, 3.63) is 50.2 Å². The van der Waals surface area contributed by atoms with E-state index in [1.807, 2.05) is 5.10 Å². The van der Waals surface area contributed by atoms with E-state index in [4.69, 9.17) is 0 Å². The zero-order chi connectivity index (χ0) is 15.6. The molecule has 1 aromatic carbocycles. The zero-order valence-corrected chi connectivity index (χ0v) is 10.1. The molecule has 3 N–H and O–H groups in total. The lowest BCUT2D eigenvalue weighted by Crippen LogP contribution is -2.12. The molecule has 0 atom stereocenters. The fourth-order valence-electron chi connectivity index (χ4n) is 1.45. The summed E-state index contributed by atoms with van der Waals surface area (Å²) < 4.78 is 0. The first-order valence-corrected chi connectivity index (χ1v) is 5.37. The van der Waals surface area contributed by atoms with Crippen LogP contribution in [0.5, 0.6) is 5.75 Å². The molecule has 11 heteroatoms. The SMILES string of the molecule is O=C(Nc1cc([N+](=O)[O-])ccc1O)c1cc([N+](=O)[O-])[nH]n1. The van der Waals surface area contributed by atoms with Crippen LogP contribution in [0.4, 0.5) is 17.2 Å². The van der Waals surface area contributed by atoms with Crippen molar-refractivity contribution in [2.45, 2.75) is 0 Å². The molecule has 0 spiro atoms. The lowest BCUT2D eigenvalue weighted by Gasteiger charge is -2.04. The summed E-state index contributed by atoms with van der Waals surface area (Å²) in [6.07, 6.45) is 0. The summed E-state index contributed by atoms with van der Waals surface area (Å²) in [5, 5.41) is 38.2. The molecule has 1 amide bonds. The number of carbonyl (C=O) groups excluding carboxylic acids is 1. The van der Waals surface area contributed by atoms with Gasteiger partial charge in [0, 0.05) is 12.1 Å². The predicted octanol–water partition coefficient (Wildman–Crippen LogP) is 1.18. The van der Waals surface area contributed by atoms with Crippen molar-refractivity contribution in [3.8, 4) is 5.75 Å². The van der Waals surface area contributed by atoms with Gasteiger partial charge in [0.1, 0.15) is 5.75 Å². The van der Waals surface area contributed by atoms with E-state index >= 15 is 0 Å². The molecule has 21 heavy (non-hydrogen) atoms. The topological polar surface area (TPSA) is 164 Å². The number of aromatic amines is 1. The van der Waals surface area contributed by atoms with Gasteiger partial charge in [-0.2, -0.15) is 0 Å². The molecule has 1 aromatic heterocycles. The van der Waals surface area contributed by atoms with Gasteiger partial charge in [0.25, 0.3) is 11.6 Å². The lowest BCUT2D eigenvalue weighted by molar-refractivity contribution is -0.389. The monoisotopic (exact) mass is 293 g/mol. The first kappa shape index (κ1) is 13.9. The Bertz CT molecular complexity index is 739. The van der Waals surface area contributed by atoms with Gasteiger partial charge in [-0.25, -0.2) is 0 Å². The van der Waals surface area contributed by atoms with Crippen molar-refractivity contribution in [3.63, 3.8) is 0 Å². The maximum atomic E-state index is 11.8. The number of non-ortho nitro benzene ring substituents is 1. The summed E-state index contributed by atoms with van der Waals surface area (Å²) in [5.74, 6) is -1.74. The van der Waals surface area contributed by atoms with Crippen LogP contribution in [-0.2, 0) is 0 Å². The molecule has 0 fully saturated rings. The molecule has 2 aromatic rings. The van der Waals surface area contributed by atoms with E-state index in [-0.39, 0.29) is 22.8 Å². The molecule has 2 rings (SSSR count). The van der Waals surface area contributed by atoms with Crippen molar-refractivity contribution >= 4 is 23.1 Å².